The molecule has 2 aromatic carbocycles. The van der Waals surface area contributed by atoms with Crippen LogP contribution in [-0.4, -0.2) is 145 Å². The second kappa shape index (κ2) is 23.8. The van der Waals surface area contributed by atoms with Crippen molar-refractivity contribution < 1.29 is 63.6 Å². The van der Waals surface area contributed by atoms with Crippen LogP contribution in [0, 0.1) is 0 Å². The maximum absolute atomic E-state index is 14.3. The van der Waals surface area contributed by atoms with E-state index < -0.39 is 103 Å². The molecule has 11 N–H and O–H groups in total. The number of carbonyl (C=O) groups excluding carboxylic acids is 6. The van der Waals surface area contributed by atoms with Gasteiger partial charge in [0.25, 0.3) is 0 Å². The summed E-state index contributed by atoms with van der Waals surface area (Å²) in [5.74, 6) is -9.12. The van der Waals surface area contributed by atoms with Crippen LogP contribution >= 0.6 is 0 Å². The fourth-order valence-electron chi connectivity index (χ4n) is 6.60. The first-order valence-electron chi connectivity index (χ1n) is 20.2. The van der Waals surface area contributed by atoms with E-state index in [2.05, 4.69) is 26.3 Å². The molecule has 63 heavy (non-hydrogen) atoms. The van der Waals surface area contributed by atoms with E-state index >= 15 is 0 Å². The molecule has 0 fully saturated rings. The van der Waals surface area contributed by atoms with Crippen molar-refractivity contribution in [3.63, 3.8) is 0 Å². The lowest BCUT2D eigenvalue weighted by Gasteiger charge is -2.31. The molecule has 0 aliphatic carbocycles. The number of carboxylic acids is 3. The minimum absolute atomic E-state index is 0.0595. The van der Waals surface area contributed by atoms with E-state index in [-0.39, 0.29) is 37.9 Å². The summed E-state index contributed by atoms with van der Waals surface area (Å²) < 4.78 is 0. The van der Waals surface area contributed by atoms with Crippen LogP contribution in [0.25, 0.3) is 10.9 Å². The number of unbranched alkanes of at least 4 members (excludes halogenated alkanes) is 1. The Morgan fingerprint density at radius 3 is 2.02 bits per heavy atom. The molecule has 3 aromatic rings. The van der Waals surface area contributed by atoms with Gasteiger partial charge in [-0.05, 0) is 49.1 Å². The first-order valence-corrected chi connectivity index (χ1v) is 20.2. The first-order chi connectivity index (χ1) is 29.7. The molecule has 1 heterocycles. The highest BCUT2D eigenvalue weighted by molar-refractivity contribution is 5.97. The zero-order valence-corrected chi connectivity index (χ0v) is 35.5. The van der Waals surface area contributed by atoms with E-state index in [0.717, 1.165) is 20.7 Å². The van der Waals surface area contributed by atoms with Gasteiger partial charge in [-0.1, -0.05) is 50.1 Å². The van der Waals surface area contributed by atoms with E-state index in [0.29, 0.717) is 24.0 Å². The van der Waals surface area contributed by atoms with Crippen LogP contribution in [-0.2, 0) is 56.0 Å². The number of fused-ring (bicyclic) bond motifs is 1. The quantitative estimate of drug-likeness (QED) is 0.0529. The minimum atomic E-state index is -1.78. The SMILES string of the molecule is CCCC[C@@H](C(=O)N[C@@H](CC(=O)O)C(=O)O)N(C)C(=O)[C@H](Cc1c[nH]c2ccccc12)NC(=O)CNC(=O)[C@H](Cc1ccc(O)cc1)NC(=O)[C@H](C)N(C)C(=O)[C@H](N)CCC(=O)O. The summed E-state index contributed by atoms with van der Waals surface area (Å²) in [4.78, 5) is 121. The van der Waals surface area contributed by atoms with Gasteiger partial charge >= 0.3 is 17.9 Å². The van der Waals surface area contributed by atoms with Gasteiger partial charge in [-0.2, -0.15) is 0 Å². The number of aromatic amines is 1. The van der Waals surface area contributed by atoms with Crippen molar-refractivity contribution in [1.82, 2.24) is 36.1 Å². The number of phenols is 1. The van der Waals surface area contributed by atoms with Crippen LogP contribution in [0.1, 0.15) is 63.5 Å². The van der Waals surface area contributed by atoms with Gasteiger partial charge in [-0.25, -0.2) is 4.79 Å². The number of aromatic nitrogens is 1. The van der Waals surface area contributed by atoms with Crippen LogP contribution in [0.5, 0.6) is 5.75 Å². The average molecular weight is 881 g/mol. The number of aliphatic carboxylic acids is 3. The lowest BCUT2D eigenvalue weighted by Crippen LogP contribution is -2.58. The lowest BCUT2D eigenvalue weighted by molar-refractivity contribution is -0.148. The van der Waals surface area contributed by atoms with Crippen molar-refractivity contribution in [2.24, 2.45) is 5.73 Å². The molecule has 342 valence electrons. The molecule has 21 nitrogen and oxygen atoms in total. The van der Waals surface area contributed by atoms with Crippen molar-refractivity contribution in [3.8, 4) is 5.75 Å². The molecule has 6 amide bonds. The van der Waals surface area contributed by atoms with Crippen LogP contribution < -0.4 is 27.0 Å². The number of H-pyrrole nitrogens is 1. The molecule has 0 bridgehead atoms. The second-order valence-electron chi connectivity index (χ2n) is 15.1. The number of hydrogen-bond donors (Lipinski definition) is 10. The van der Waals surface area contributed by atoms with Crippen molar-refractivity contribution in [1.29, 1.82) is 0 Å². The van der Waals surface area contributed by atoms with Crippen LogP contribution in [0.4, 0.5) is 0 Å². The first kappa shape index (κ1) is 50.3. The van der Waals surface area contributed by atoms with E-state index in [4.69, 9.17) is 10.8 Å². The number of rotatable bonds is 25. The third-order valence-electron chi connectivity index (χ3n) is 10.4. The number of aromatic hydroxyl groups is 1. The highest BCUT2D eigenvalue weighted by Gasteiger charge is 2.35. The Balaban J connectivity index is 1.86. The number of carbonyl (C=O) groups is 9. The smallest absolute Gasteiger partial charge is 0.326 e. The number of hydrogen-bond acceptors (Lipinski definition) is 11. The second-order valence-corrected chi connectivity index (χ2v) is 15.1. The predicted octanol–water partition coefficient (Wildman–Crippen LogP) is -0.155. The Hall–Kier alpha value is -7.03. The van der Waals surface area contributed by atoms with Gasteiger partial charge in [0.15, 0.2) is 0 Å². The maximum Gasteiger partial charge on any atom is 0.326 e. The average Bonchev–Trinajstić information content (AvgIpc) is 3.65. The monoisotopic (exact) mass is 880 g/mol. The van der Waals surface area contributed by atoms with E-state index in [1.165, 1.54) is 45.3 Å². The zero-order chi connectivity index (χ0) is 47.0. The number of benzene rings is 2. The molecular formula is C42H56N8O13. The van der Waals surface area contributed by atoms with Crippen molar-refractivity contribution in [3.05, 3.63) is 65.9 Å². The molecule has 0 aliphatic heterocycles. The number of phenolic OH excluding ortho intramolecular Hbond substituents is 1. The van der Waals surface area contributed by atoms with E-state index in [9.17, 15) is 58.5 Å². The van der Waals surface area contributed by atoms with Crippen LogP contribution in [0.3, 0.4) is 0 Å². The molecule has 0 spiro atoms. The van der Waals surface area contributed by atoms with Gasteiger partial charge < -0.3 is 62.2 Å². The third kappa shape index (κ3) is 15.1. The van der Waals surface area contributed by atoms with Crippen molar-refractivity contribution in [2.45, 2.75) is 101 Å². The van der Waals surface area contributed by atoms with Crippen LogP contribution in [0.2, 0.25) is 0 Å². The molecule has 0 aliphatic rings. The molecule has 21 heteroatoms. The summed E-state index contributed by atoms with van der Waals surface area (Å²) in [6.07, 6.45) is 1.03. The summed E-state index contributed by atoms with van der Waals surface area (Å²) in [5, 5.41) is 48.1. The Labute approximate surface area is 362 Å². The lowest BCUT2D eigenvalue weighted by atomic mass is 10.0. The number of nitrogens with zero attached hydrogens (tertiary/aromatic N) is 2. The maximum atomic E-state index is 14.3. The topological polar surface area (TPSA) is 331 Å². The van der Waals surface area contributed by atoms with Crippen molar-refractivity contribution >= 4 is 64.3 Å². The van der Waals surface area contributed by atoms with E-state index in [1.807, 2.05) is 6.92 Å². The largest absolute Gasteiger partial charge is 0.508 e. The Morgan fingerprint density at radius 1 is 0.746 bits per heavy atom. The van der Waals surface area contributed by atoms with Crippen LogP contribution in [0.15, 0.2) is 54.7 Å². The Kier molecular flexibility index (Phi) is 19.0. The summed E-state index contributed by atoms with van der Waals surface area (Å²) in [6.45, 7) is 2.50. The molecule has 1 aromatic heterocycles. The van der Waals surface area contributed by atoms with Gasteiger partial charge in [0.1, 0.15) is 36.0 Å². The molecule has 3 rings (SSSR count). The summed E-state index contributed by atoms with van der Waals surface area (Å²) in [6, 6.07) is 4.78. The number of amides is 6. The highest BCUT2D eigenvalue weighted by atomic mass is 16.4. The molecule has 6 atom stereocenters. The predicted molar refractivity (Wildman–Crippen MR) is 226 cm³/mol. The summed E-state index contributed by atoms with van der Waals surface area (Å²) in [7, 11) is 2.60. The summed E-state index contributed by atoms with van der Waals surface area (Å²) >= 11 is 0. The highest BCUT2D eigenvalue weighted by Crippen LogP contribution is 2.21. The van der Waals surface area contributed by atoms with Gasteiger partial charge in [0.2, 0.25) is 35.4 Å². The minimum Gasteiger partial charge on any atom is -0.508 e. The van der Waals surface area contributed by atoms with Gasteiger partial charge in [0, 0.05) is 50.5 Å². The molecular weight excluding hydrogens is 825 g/mol. The Bertz CT molecular complexity index is 2120. The fourth-order valence-corrected chi connectivity index (χ4v) is 6.60. The van der Waals surface area contributed by atoms with Crippen molar-refractivity contribution in [2.75, 3.05) is 20.6 Å². The van der Waals surface area contributed by atoms with Gasteiger partial charge in [-0.15, -0.1) is 0 Å². The number of para-hydroxylation sites is 1. The third-order valence-corrected chi connectivity index (χ3v) is 10.4. The summed E-state index contributed by atoms with van der Waals surface area (Å²) in [5.41, 5.74) is 7.71. The Morgan fingerprint density at radius 2 is 1.40 bits per heavy atom. The van der Waals surface area contributed by atoms with Gasteiger partial charge in [-0.3, -0.25) is 38.4 Å². The normalized spacial score (nSPS) is 13.9. The molecule has 0 unspecified atom stereocenters. The number of likely N-dealkylation sites (N-methyl/N-ethyl adjacent to an activating group) is 2. The molecule has 0 saturated heterocycles. The number of nitrogens with one attached hydrogen (secondary N) is 5. The van der Waals surface area contributed by atoms with Gasteiger partial charge in [0.05, 0.1) is 19.0 Å². The standard InChI is InChI=1S/C42H56N8O13/c1-5-6-11-33(39(59)48-32(42(62)63)20-36(55)56)50(4)41(61)31(19-25-21-44-29-10-8-7-9-27(25)29)46-34(52)22-45-38(58)30(18-24-12-14-26(51)15-13-24)47-37(57)23(2)49(3)40(60)28(43)16-17-35(53)54/h7-10,12-15,21,23,28,30-33,44,51H,5-6,11,16-20,22,43H2,1-4H3,(H,45,58)(H,46,52)(H,47,57)(H,48,59)(H,53,54)(H,55,56)(H,62,63)/t23-,28+,30-,31-,32-,33-/m0/s1. The van der Waals surface area contributed by atoms with E-state index in [1.54, 1.807) is 30.5 Å². The molecule has 0 radical (unpaired) electrons. The fraction of sp³-hybridized carbons (Fsp3) is 0.452. The molecule has 0 saturated carbocycles. The zero-order valence-electron chi connectivity index (χ0n) is 35.5. The number of nitrogens with two attached hydrogens (primary N) is 1. The number of carboxylic acid groups (broad SMARTS) is 3.